The van der Waals surface area contributed by atoms with E-state index >= 15 is 0 Å². The minimum atomic E-state index is -0.564. The van der Waals surface area contributed by atoms with Crippen molar-refractivity contribution in [1.82, 2.24) is 5.43 Å². The van der Waals surface area contributed by atoms with Gasteiger partial charge in [0, 0.05) is 16.1 Å². The van der Waals surface area contributed by atoms with Crippen molar-refractivity contribution in [3.8, 4) is 5.75 Å². The van der Waals surface area contributed by atoms with Gasteiger partial charge in [0.05, 0.1) is 10.7 Å². The molecular formula is C14H9BrClFN2O2. The Hall–Kier alpha value is -1.92. The van der Waals surface area contributed by atoms with Gasteiger partial charge in [0.2, 0.25) is 0 Å². The van der Waals surface area contributed by atoms with Crippen LogP contribution in [0.4, 0.5) is 4.39 Å². The van der Waals surface area contributed by atoms with Crippen LogP contribution in [-0.4, -0.2) is 17.2 Å². The summed E-state index contributed by atoms with van der Waals surface area (Å²) in [6, 6.07) is 8.23. The monoisotopic (exact) mass is 370 g/mol. The van der Waals surface area contributed by atoms with Crippen LogP contribution in [0.3, 0.4) is 0 Å². The van der Waals surface area contributed by atoms with Gasteiger partial charge in [0.1, 0.15) is 11.6 Å². The lowest BCUT2D eigenvalue weighted by molar-refractivity contribution is 0.0954. The predicted molar refractivity (Wildman–Crippen MR) is 82.3 cm³/mol. The van der Waals surface area contributed by atoms with Crippen LogP contribution < -0.4 is 5.43 Å². The number of phenols is 1. The number of carbonyl (C=O) groups is 1. The first-order chi connectivity index (χ1) is 9.97. The van der Waals surface area contributed by atoms with Crippen molar-refractivity contribution < 1.29 is 14.3 Å². The SMILES string of the molecule is O=C(NN=Cc1cc(Cl)cc(Br)c1O)c1cccc(F)c1. The Labute approximate surface area is 133 Å². The molecule has 0 bridgehead atoms. The van der Waals surface area contributed by atoms with Crippen molar-refractivity contribution in [1.29, 1.82) is 0 Å². The Morgan fingerprint density at radius 1 is 1.38 bits per heavy atom. The maximum Gasteiger partial charge on any atom is 0.271 e. The number of hydrogen-bond donors (Lipinski definition) is 2. The van der Waals surface area contributed by atoms with Crippen molar-refractivity contribution in [3.63, 3.8) is 0 Å². The van der Waals surface area contributed by atoms with Crippen LogP contribution in [0, 0.1) is 5.82 Å². The lowest BCUT2D eigenvalue weighted by atomic mass is 10.2. The lowest BCUT2D eigenvalue weighted by Gasteiger charge is -2.03. The highest BCUT2D eigenvalue weighted by Crippen LogP contribution is 2.30. The second-order valence-electron chi connectivity index (χ2n) is 4.03. The molecule has 2 aromatic rings. The molecule has 0 aromatic heterocycles. The summed E-state index contributed by atoms with van der Waals surface area (Å²) in [5.74, 6) is -1.13. The quantitative estimate of drug-likeness (QED) is 0.638. The van der Waals surface area contributed by atoms with Gasteiger partial charge >= 0.3 is 0 Å². The Balaban J connectivity index is 2.11. The van der Waals surface area contributed by atoms with E-state index in [1.807, 2.05) is 0 Å². The zero-order valence-electron chi connectivity index (χ0n) is 10.5. The standard InChI is InChI=1S/C14H9BrClFN2O2/c15-12-6-10(16)4-9(13(12)20)7-18-19-14(21)8-2-1-3-11(17)5-8/h1-7,20H,(H,19,21). The molecule has 0 radical (unpaired) electrons. The first-order valence-corrected chi connectivity index (χ1v) is 6.91. The average molecular weight is 372 g/mol. The molecule has 0 aliphatic rings. The first kappa shape index (κ1) is 15.5. The van der Waals surface area contributed by atoms with E-state index in [2.05, 4.69) is 26.5 Å². The molecule has 0 atom stereocenters. The lowest BCUT2D eigenvalue weighted by Crippen LogP contribution is -2.17. The average Bonchev–Trinajstić information content (AvgIpc) is 2.43. The Morgan fingerprint density at radius 2 is 2.14 bits per heavy atom. The number of amides is 1. The third-order valence-corrected chi connectivity index (χ3v) is 3.34. The van der Waals surface area contributed by atoms with Gasteiger partial charge in [-0.15, -0.1) is 0 Å². The highest BCUT2D eigenvalue weighted by molar-refractivity contribution is 9.10. The van der Waals surface area contributed by atoms with Crippen LogP contribution in [0.5, 0.6) is 5.75 Å². The summed E-state index contributed by atoms with van der Waals surface area (Å²) in [7, 11) is 0. The molecule has 0 fully saturated rings. The molecule has 0 spiro atoms. The fourth-order valence-corrected chi connectivity index (χ4v) is 2.37. The summed E-state index contributed by atoms with van der Waals surface area (Å²) in [4.78, 5) is 11.7. The number of halogens is 3. The van der Waals surface area contributed by atoms with Crippen LogP contribution in [-0.2, 0) is 0 Å². The largest absolute Gasteiger partial charge is 0.506 e. The second kappa shape index (κ2) is 6.69. The molecule has 2 rings (SSSR count). The molecule has 7 heteroatoms. The molecule has 1 amide bonds. The van der Waals surface area contributed by atoms with Crippen LogP contribution >= 0.6 is 27.5 Å². The number of rotatable bonds is 3. The summed E-state index contributed by atoms with van der Waals surface area (Å²) in [5, 5.41) is 13.9. The summed E-state index contributed by atoms with van der Waals surface area (Å²) in [5.41, 5.74) is 2.71. The van der Waals surface area contributed by atoms with E-state index in [9.17, 15) is 14.3 Å². The molecule has 0 aliphatic heterocycles. The molecule has 0 unspecified atom stereocenters. The molecule has 2 aromatic carbocycles. The van der Waals surface area contributed by atoms with E-state index in [1.165, 1.54) is 36.5 Å². The van der Waals surface area contributed by atoms with Gasteiger partial charge < -0.3 is 5.11 Å². The van der Waals surface area contributed by atoms with Crippen LogP contribution in [0.25, 0.3) is 0 Å². The number of hydrogen-bond acceptors (Lipinski definition) is 3. The van der Waals surface area contributed by atoms with E-state index < -0.39 is 11.7 Å². The normalized spacial score (nSPS) is 10.8. The van der Waals surface area contributed by atoms with Crippen LogP contribution in [0.2, 0.25) is 5.02 Å². The number of benzene rings is 2. The molecule has 21 heavy (non-hydrogen) atoms. The Kier molecular flexibility index (Phi) is 4.93. The fraction of sp³-hybridized carbons (Fsp3) is 0. The number of phenolic OH excluding ortho intramolecular Hbond substituents is 1. The van der Waals surface area contributed by atoms with Gasteiger partial charge in [0.25, 0.3) is 5.91 Å². The van der Waals surface area contributed by atoms with Gasteiger partial charge in [-0.05, 0) is 46.3 Å². The molecule has 0 saturated heterocycles. The van der Waals surface area contributed by atoms with Crippen molar-refractivity contribution in [2.75, 3.05) is 0 Å². The van der Waals surface area contributed by atoms with Crippen molar-refractivity contribution in [3.05, 3.63) is 62.8 Å². The van der Waals surface area contributed by atoms with E-state index in [4.69, 9.17) is 11.6 Å². The third-order valence-electron chi connectivity index (χ3n) is 2.51. The maximum absolute atomic E-state index is 13.0. The van der Waals surface area contributed by atoms with Gasteiger partial charge in [-0.1, -0.05) is 17.7 Å². The molecule has 0 saturated carbocycles. The zero-order valence-corrected chi connectivity index (χ0v) is 12.8. The maximum atomic E-state index is 13.0. The van der Waals surface area contributed by atoms with E-state index in [1.54, 1.807) is 0 Å². The number of hydrazone groups is 1. The third kappa shape index (κ3) is 4.03. The summed E-state index contributed by atoms with van der Waals surface area (Å²) in [6.07, 6.45) is 1.24. The molecular weight excluding hydrogens is 363 g/mol. The topological polar surface area (TPSA) is 61.7 Å². The van der Waals surface area contributed by atoms with E-state index in [0.717, 1.165) is 6.07 Å². The minimum absolute atomic E-state index is 0.0526. The smallest absolute Gasteiger partial charge is 0.271 e. The van der Waals surface area contributed by atoms with E-state index in [0.29, 0.717) is 15.1 Å². The van der Waals surface area contributed by atoms with Gasteiger partial charge in [-0.2, -0.15) is 5.10 Å². The Bertz CT molecular complexity index is 722. The van der Waals surface area contributed by atoms with E-state index in [-0.39, 0.29) is 11.3 Å². The number of nitrogens with one attached hydrogen (secondary N) is 1. The predicted octanol–water partition coefficient (Wildman–Crippen LogP) is 3.71. The summed E-state index contributed by atoms with van der Waals surface area (Å²) >= 11 is 8.98. The van der Waals surface area contributed by atoms with Crippen molar-refractivity contribution in [2.24, 2.45) is 5.10 Å². The van der Waals surface area contributed by atoms with Crippen molar-refractivity contribution in [2.45, 2.75) is 0 Å². The Morgan fingerprint density at radius 3 is 2.86 bits per heavy atom. The zero-order chi connectivity index (χ0) is 15.4. The van der Waals surface area contributed by atoms with Crippen molar-refractivity contribution >= 4 is 39.7 Å². The number of aromatic hydroxyl groups is 1. The summed E-state index contributed by atoms with van der Waals surface area (Å²) in [6.45, 7) is 0. The van der Waals surface area contributed by atoms with Gasteiger partial charge in [-0.25, -0.2) is 9.82 Å². The second-order valence-corrected chi connectivity index (χ2v) is 5.33. The highest BCUT2D eigenvalue weighted by atomic mass is 79.9. The summed E-state index contributed by atoms with van der Waals surface area (Å²) < 4.78 is 13.4. The molecule has 0 heterocycles. The van der Waals surface area contributed by atoms with Crippen LogP contribution in [0.1, 0.15) is 15.9 Å². The fourth-order valence-electron chi connectivity index (χ4n) is 1.54. The first-order valence-electron chi connectivity index (χ1n) is 5.74. The van der Waals surface area contributed by atoms with Crippen LogP contribution in [0.15, 0.2) is 46.0 Å². The molecule has 2 N–H and O–H groups in total. The number of nitrogens with zero attached hydrogens (tertiary/aromatic N) is 1. The highest BCUT2D eigenvalue weighted by Gasteiger charge is 2.07. The minimum Gasteiger partial charge on any atom is -0.506 e. The molecule has 108 valence electrons. The number of carbonyl (C=O) groups excluding carboxylic acids is 1. The molecule has 0 aliphatic carbocycles. The van der Waals surface area contributed by atoms with Gasteiger partial charge in [-0.3, -0.25) is 4.79 Å². The van der Waals surface area contributed by atoms with Gasteiger partial charge in [0.15, 0.2) is 0 Å². The molecule has 4 nitrogen and oxygen atoms in total.